The van der Waals surface area contributed by atoms with Crippen molar-refractivity contribution in [3.63, 3.8) is 0 Å². The number of rotatable bonds is 7. The van der Waals surface area contributed by atoms with E-state index in [1.54, 1.807) is 19.1 Å². The monoisotopic (exact) mass is 292 g/mol. The third-order valence-electron chi connectivity index (χ3n) is 3.34. The fourth-order valence-electron chi connectivity index (χ4n) is 1.99. The summed E-state index contributed by atoms with van der Waals surface area (Å²) in [5.41, 5.74) is 1.53. The molecule has 2 unspecified atom stereocenters. The third kappa shape index (κ3) is 5.55. The highest BCUT2D eigenvalue weighted by molar-refractivity contribution is 5.97. The molecule has 0 aliphatic carbocycles. The van der Waals surface area contributed by atoms with Crippen LogP contribution >= 0.6 is 0 Å². The number of hydrogen-bond donors (Lipinski definition) is 3. The normalized spacial score (nSPS) is 13.3. The first-order valence-electron chi connectivity index (χ1n) is 7.26. The van der Waals surface area contributed by atoms with Gasteiger partial charge in [0, 0.05) is 18.2 Å². The summed E-state index contributed by atoms with van der Waals surface area (Å²) in [5.74, 6) is -0.507. The molecule has 0 spiro atoms. The highest BCUT2D eigenvalue weighted by atomic mass is 16.3. The molecule has 0 aliphatic rings. The summed E-state index contributed by atoms with van der Waals surface area (Å²) in [4.78, 5) is 24.1. The molecule has 5 heteroatoms. The maximum absolute atomic E-state index is 12.1. The van der Waals surface area contributed by atoms with Crippen LogP contribution in [0.1, 0.15) is 42.6 Å². The fraction of sp³-hybridized carbons (Fsp3) is 0.500. The van der Waals surface area contributed by atoms with E-state index in [0.717, 1.165) is 12.0 Å². The standard InChI is InChI=1S/C16H24N2O3/c1-4-14(8-9-19)18-15(20)12(3)17-16(21)13-7-5-6-11(2)10-13/h5-7,10,12,14,19H,4,8-9H2,1-3H3,(H,17,21)(H,18,20). The maximum atomic E-state index is 12.1. The van der Waals surface area contributed by atoms with E-state index in [4.69, 9.17) is 5.11 Å². The van der Waals surface area contributed by atoms with Crippen LogP contribution < -0.4 is 10.6 Å². The lowest BCUT2D eigenvalue weighted by atomic mass is 10.1. The van der Waals surface area contributed by atoms with Gasteiger partial charge in [0.05, 0.1) is 0 Å². The predicted molar refractivity (Wildman–Crippen MR) is 82.0 cm³/mol. The maximum Gasteiger partial charge on any atom is 0.251 e. The van der Waals surface area contributed by atoms with E-state index < -0.39 is 6.04 Å². The molecule has 3 N–H and O–H groups in total. The van der Waals surface area contributed by atoms with E-state index in [-0.39, 0.29) is 24.5 Å². The van der Waals surface area contributed by atoms with Gasteiger partial charge >= 0.3 is 0 Å². The highest BCUT2D eigenvalue weighted by Crippen LogP contribution is 2.04. The molecule has 2 atom stereocenters. The van der Waals surface area contributed by atoms with Crippen LogP contribution in [0.25, 0.3) is 0 Å². The number of benzene rings is 1. The number of aryl methyl sites for hydroxylation is 1. The van der Waals surface area contributed by atoms with Gasteiger partial charge in [0.15, 0.2) is 0 Å². The Bertz CT molecular complexity index is 488. The van der Waals surface area contributed by atoms with Gasteiger partial charge in [-0.1, -0.05) is 24.6 Å². The van der Waals surface area contributed by atoms with Gasteiger partial charge in [0.25, 0.3) is 5.91 Å². The molecule has 0 saturated heterocycles. The van der Waals surface area contributed by atoms with Gasteiger partial charge < -0.3 is 15.7 Å². The molecular formula is C16H24N2O3. The molecule has 0 aliphatic heterocycles. The summed E-state index contributed by atoms with van der Waals surface area (Å²) in [6, 6.07) is 6.53. The number of aliphatic hydroxyl groups excluding tert-OH is 1. The molecule has 116 valence electrons. The summed E-state index contributed by atoms with van der Waals surface area (Å²) >= 11 is 0. The Morgan fingerprint density at radius 2 is 2.00 bits per heavy atom. The number of hydrogen-bond acceptors (Lipinski definition) is 3. The first kappa shape index (κ1) is 17.2. The van der Waals surface area contributed by atoms with E-state index in [9.17, 15) is 9.59 Å². The van der Waals surface area contributed by atoms with Crippen molar-refractivity contribution in [3.8, 4) is 0 Å². The Morgan fingerprint density at radius 3 is 2.57 bits per heavy atom. The molecule has 2 amide bonds. The van der Waals surface area contributed by atoms with Crippen molar-refractivity contribution >= 4 is 11.8 Å². The van der Waals surface area contributed by atoms with Crippen LogP contribution in [0.4, 0.5) is 0 Å². The molecule has 0 bridgehead atoms. The lowest BCUT2D eigenvalue weighted by Crippen LogP contribution is -2.48. The Balaban J connectivity index is 2.57. The number of amides is 2. The largest absolute Gasteiger partial charge is 0.396 e. The minimum atomic E-state index is -0.620. The van der Waals surface area contributed by atoms with Crippen molar-refractivity contribution < 1.29 is 14.7 Å². The minimum absolute atomic E-state index is 0.0306. The van der Waals surface area contributed by atoms with E-state index in [2.05, 4.69) is 10.6 Å². The van der Waals surface area contributed by atoms with Crippen LogP contribution in [-0.2, 0) is 4.79 Å². The Kier molecular flexibility index (Phi) is 6.88. The third-order valence-corrected chi connectivity index (χ3v) is 3.34. The van der Waals surface area contributed by atoms with E-state index >= 15 is 0 Å². The quantitative estimate of drug-likeness (QED) is 0.710. The van der Waals surface area contributed by atoms with Crippen molar-refractivity contribution in [3.05, 3.63) is 35.4 Å². The zero-order valence-corrected chi connectivity index (χ0v) is 12.8. The molecule has 1 rings (SSSR count). The van der Waals surface area contributed by atoms with Crippen LogP contribution in [0.15, 0.2) is 24.3 Å². The van der Waals surface area contributed by atoms with E-state index in [1.165, 1.54) is 0 Å². The van der Waals surface area contributed by atoms with Crippen molar-refractivity contribution in [2.45, 2.75) is 45.7 Å². The second-order valence-corrected chi connectivity index (χ2v) is 5.19. The molecule has 0 aromatic heterocycles. The van der Waals surface area contributed by atoms with Gasteiger partial charge in [-0.15, -0.1) is 0 Å². The van der Waals surface area contributed by atoms with Gasteiger partial charge in [-0.2, -0.15) is 0 Å². The predicted octanol–water partition coefficient (Wildman–Crippen LogP) is 1.39. The van der Waals surface area contributed by atoms with Gasteiger partial charge in [-0.05, 0) is 38.8 Å². The molecular weight excluding hydrogens is 268 g/mol. The SMILES string of the molecule is CCC(CCO)NC(=O)C(C)NC(=O)c1cccc(C)c1. The lowest BCUT2D eigenvalue weighted by molar-refractivity contribution is -0.123. The van der Waals surface area contributed by atoms with E-state index in [0.29, 0.717) is 12.0 Å². The van der Waals surface area contributed by atoms with Gasteiger partial charge in [-0.3, -0.25) is 9.59 Å². The number of nitrogens with one attached hydrogen (secondary N) is 2. The summed E-state index contributed by atoms with van der Waals surface area (Å²) in [6.07, 6.45) is 1.26. The first-order valence-corrected chi connectivity index (χ1v) is 7.26. The molecule has 1 aromatic carbocycles. The highest BCUT2D eigenvalue weighted by Gasteiger charge is 2.19. The van der Waals surface area contributed by atoms with Gasteiger partial charge in [0.1, 0.15) is 6.04 Å². The Hall–Kier alpha value is -1.88. The number of carbonyl (C=O) groups is 2. The zero-order valence-electron chi connectivity index (χ0n) is 12.8. The average molecular weight is 292 g/mol. The van der Waals surface area contributed by atoms with Gasteiger partial charge in [-0.25, -0.2) is 0 Å². The van der Waals surface area contributed by atoms with Crippen LogP contribution in [0.5, 0.6) is 0 Å². The summed E-state index contributed by atoms with van der Waals surface area (Å²) in [7, 11) is 0. The first-order chi connectivity index (χ1) is 9.97. The number of carbonyl (C=O) groups excluding carboxylic acids is 2. The average Bonchev–Trinajstić information content (AvgIpc) is 2.46. The Labute approximate surface area is 125 Å². The molecule has 0 saturated carbocycles. The van der Waals surface area contributed by atoms with Crippen LogP contribution in [-0.4, -0.2) is 35.6 Å². The van der Waals surface area contributed by atoms with Crippen LogP contribution in [0.2, 0.25) is 0 Å². The van der Waals surface area contributed by atoms with Crippen molar-refractivity contribution in [2.24, 2.45) is 0 Å². The van der Waals surface area contributed by atoms with Crippen molar-refractivity contribution in [2.75, 3.05) is 6.61 Å². The van der Waals surface area contributed by atoms with Crippen molar-refractivity contribution in [1.29, 1.82) is 0 Å². The number of aliphatic hydroxyl groups is 1. The molecule has 1 aromatic rings. The molecule has 0 heterocycles. The summed E-state index contributed by atoms with van der Waals surface area (Å²) in [6.45, 7) is 5.53. The summed E-state index contributed by atoms with van der Waals surface area (Å²) in [5, 5.41) is 14.4. The van der Waals surface area contributed by atoms with Crippen LogP contribution in [0, 0.1) is 6.92 Å². The Morgan fingerprint density at radius 1 is 1.29 bits per heavy atom. The fourth-order valence-corrected chi connectivity index (χ4v) is 1.99. The smallest absolute Gasteiger partial charge is 0.251 e. The zero-order chi connectivity index (χ0) is 15.8. The summed E-state index contributed by atoms with van der Waals surface area (Å²) < 4.78 is 0. The molecule has 0 radical (unpaired) electrons. The second-order valence-electron chi connectivity index (χ2n) is 5.19. The van der Waals surface area contributed by atoms with E-state index in [1.807, 2.05) is 26.0 Å². The van der Waals surface area contributed by atoms with Crippen LogP contribution in [0.3, 0.4) is 0 Å². The minimum Gasteiger partial charge on any atom is -0.396 e. The molecule has 5 nitrogen and oxygen atoms in total. The van der Waals surface area contributed by atoms with Gasteiger partial charge in [0.2, 0.25) is 5.91 Å². The van der Waals surface area contributed by atoms with Crippen molar-refractivity contribution in [1.82, 2.24) is 10.6 Å². The lowest BCUT2D eigenvalue weighted by Gasteiger charge is -2.20. The molecule has 21 heavy (non-hydrogen) atoms. The second kappa shape index (κ2) is 8.42. The molecule has 0 fully saturated rings. The topological polar surface area (TPSA) is 78.4 Å².